The third-order valence-electron chi connectivity index (χ3n) is 4.20. The number of rotatable bonds is 5. The van der Waals surface area contributed by atoms with Crippen LogP contribution in [0.5, 0.6) is 17.2 Å². The van der Waals surface area contributed by atoms with E-state index in [-0.39, 0.29) is 12.1 Å². The van der Waals surface area contributed by atoms with Crippen molar-refractivity contribution in [2.75, 3.05) is 32.6 Å². The Morgan fingerprint density at radius 3 is 2.44 bits per heavy atom. The number of nitrogens with one attached hydrogen (secondary N) is 1. The molecular weight excluding hydrogens is 352 g/mol. The number of amides is 2. The van der Waals surface area contributed by atoms with Gasteiger partial charge in [-0.05, 0) is 6.92 Å². The summed E-state index contributed by atoms with van der Waals surface area (Å²) in [5, 5.41) is 2.84. The molecule has 1 unspecified atom stereocenters. The first-order chi connectivity index (χ1) is 13.0. The molecule has 1 aliphatic rings. The summed E-state index contributed by atoms with van der Waals surface area (Å²) in [7, 11) is 3.10. The molecule has 1 N–H and O–H groups in total. The van der Waals surface area contributed by atoms with Gasteiger partial charge >= 0.3 is 11.7 Å². The monoisotopic (exact) mass is 374 g/mol. The van der Waals surface area contributed by atoms with E-state index in [4.69, 9.17) is 18.6 Å². The summed E-state index contributed by atoms with van der Waals surface area (Å²) < 4.78 is 21.2. The lowest BCUT2D eigenvalue weighted by atomic mass is 10.3. The van der Waals surface area contributed by atoms with Gasteiger partial charge in [-0.3, -0.25) is 0 Å². The highest BCUT2D eigenvalue weighted by atomic mass is 16.5. The Bertz CT molecular complexity index is 856. The Balaban J connectivity index is 1.61. The lowest BCUT2D eigenvalue weighted by Gasteiger charge is -2.18. The van der Waals surface area contributed by atoms with Gasteiger partial charge in [0.1, 0.15) is 29.1 Å². The second-order valence-corrected chi connectivity index (χ2v) is 6.23. The normalized spacial score (nSPS) is 16.1. The average molecular weight is 374 g/mol. The fourth-order valence-corrected chi connectivity index (χ4v) is 2.93. The Labute approximate surface area is 156 Å². The van der Waals surface area contributed by atoms with E-state index in [0.717, 1.165) is 0 Å². The number of aryl methyl sites for hydroxylation is 1. The van der Waals surface area contributed by atoms with Crippen molar-refractivity contribution in [3.63, 3.8) is 0 Å². The second kappa shape index (κ2) is 8.03. The zero-order valence-electron chi connectivity index (χ0n) is 15.5. The minimum absolute atomic E-state index is 0.184. The zero-order valence-corrected chi connectivity index (χ0v) is 15.5. The number of carbonyl (C=O) groups is 1. The first kappa shape index (κ1) is 18.6. The van der Waals surface area contributed by atoms with E-state index in [1.54, 1.807) is 50.3 Å². The van der Waals surface area contributed by atoms with Crippen LogP contribution in [0, 0.1) is 6.92 Å². The summed E-state index contributed by atoms with van der Waals surface area (Å²) in [4.78, 5) is 25.6. The van der Waals surface area contributed by atoms with E-state index < -0.39 is 5.63 Å². The lowest BCUT2D eigenvalue weighted by molar-refractivity contribution is 0.193. The number of likely N-dealkylation sites (tertiary alicyclic amines) is 1. The largest absolute Gasteiger partial charge is 0.497 e. The van der Waals surface area contributed by atoms with E-state index in [9.17, 15) is 9.59 Å². The molecule has 2 aromatic rings. The maximum atomic E-state index is 12.5. The van der Waals surface area contributed by atoms with Crippen LogP contribution in [-0.4, -0.2) is 44.3 Å². The van der Waals surface area contributed by atoms with E-state index in [1.807, 2.05) is 0 Å². The molecule has 1 aliphatic heterocycles. The Morgan fingerprint density at radius 1 is 1.11 bits per heavy atom. The average Bonchev–Trinajstić information content (AvgIpc) is 3.09. The Morgan fingerprint density at radius 2 is 1.81 bits per heavy atom. The number of hydrogen-bond acceptors (Lipinski definition) is 6. The molecular formula is C19H22N2O6. The number of anilines is 1. The minimum Gasteiger partial charge on any atom is -0.497 e. The maximum absolute atomic E-state index is 12.5. The highest BCUT2D eigenvalue weighted by Gasteiger charge is 2.28. The fraction of sp³-hybridized carbons (Fsp3) is 0.368. The van der Waals surface area contributed by atoms with Gasteiger partial charge in [0.2, 0.25) is 0 Å². The molecule has 27 heavy (non-hydrogen) atoms. The molecule has 144 valence electrons. The van der Waals surface area contributed by atoms with Gasteiger partial charge in [-0.15, -0.1) is 0 Å². The summed E-state index contributed by atoms with van der Waals surface area (Å²) in [6.45, 7) is 2.66. The van der Waals surface area contributed by atoms with Crippen molar-refractivity contribution in [1.29, 1.82) is 0 Å². The van der Waals surface area contributed by atoms with Crippen LogP contribution in [0.1, 0.15) is 12.2 Å². The third-order valence-corrected chi connectivity index (χ3v) is 4.20. The lowest BCUT2D eigenvalue weighted by Crippen LogP contribution is -2.34. The number of hydrogen-bond donors (Lipinski definition) is 1. The van der Waals surface area contributed by atoms with E-state index in [2.05, 4.69) is 5.32 Å². The predicted octanol–water partition coefficient (Wildman–Crippen LogP) is 2.65. The highest BCUT2D eigenvalue weighted by Crippen LogP contribution is 2.26. The van der Waals surface area contributed by atoms with Crippen LogP contribution in [0.2, 0.25) is 0 Å². The number of ether oxygens (including phenoxy) is 3. The van der Waals surface area contributed by atoms with Gasteiger partial charge < -0.3 is 28.8 Å². The predicted molar refractivity (Wildman–Crippen MR) is 98.9 cm³/mol. The molecule has 0 saturated carbocycles. The third kappa shape index (κ3) is 4.72. The molecule has 0 bridgehead atoms. The van der Waals surface area contributed by atoms with E-state index in [0.29, 0.717) is 48.2 Å². The molecule has 0 aliphatic carbocycles. The van der Waals surface area contributed by atoms with Gasteiger partial charge in [0, 0.05) is 42.9 Å². The van der Waals surface area contributed by atoms with Crippen LogP contribution >= 0.6 is 0 Å². The van der Waals surface area contributed by atoms with Crippen molar-refractivity contribution in [1.82, 2.24) is 4.90 Å². The summed E-state index contributed by atoms with van der Waals surface area (Å²) in [5.41, 5.74) is 0.126. The summed E-state index contributed by atoms with van der Waals surface area (Å²) >= 11 is 0. The Hall–Kier alpha value is -3.16. The highest BCUT2D eigenvalue weighted by molar-refractivity contribution is 5.90. The minimum atomic E-state index is -0.454. The van der Waals surface area contributed by atoms with Gasteiger partial charge in [-0.1, -0.05) is 0 Å². The van der Waals surface area contributed by atoms with Crippen molar-refractivity contribution >= 4 is 11.7 Å². The Kier molecular flexibility index (Phi) is 5.54. The molecule has 8 heteroatoms. The molecule has 8 nitrogen and oxygen atoms in total. The topological polar surface area (TPSA) is 90.2 Å². The summed E-state index contributed by atoms with van der Waals surface area (Å²) in [6.07, 6.45) is 0.491. The molecule has 1 aromatic carbocycles. The SMILES string of the molecule is COc1cc(NC(=O)N2CCC(Oc3cc(C)oc(=O)c3)C2)cc(OC)c1. The van der Waals surface area contributed by atoms with Gasteiger partial charge in [-0.25, -0.2) is 9.59 Å². The summed E-state index contributed by atoms with van der Waals surface area (Å²) in [5.74, 6) is 2.11. The standard InChI is InChI=1S/C19H22N2O6/c1-12-6-17(10-18(22)26-12)27-14-4-5-21(11-14)19(23)20-13-7-15(24-2)9-16(8-13)25-3/h6-10,14H,4-5,11H2,1-3H3,(H,20,23). The van der Waals surface area contributed by atoms with Crippen LogP contribution in [0.3, 0.4) is 0 Å². The second-order valence-electron chi connectivity index (χ2n) is 6.23. The fourth-order valence-electron chi connectivity index (χ4n) is 2.93. The zero-order chi connectivity index (χ0) is 19.4. The molecule has 2 amide bonds. The molecule has 1 atom stereocenters. The maximum Gasteiger partial charge on any atom is 0.339 e. The molecule has 1 saturated heterocycles. The number of carbonyl (C=O) groups excluding carboxylic acids is 1. The van der Waals surface area contributed by atoms with Crippen molar-refractivity contribution < 1.29 is 23.4 Å². The van der Waals surface area contributed by atoms with Crippen LogP contribution in [-0.2, 0) is 0 Å². The molecule has 2 heterocycles. The number of methoxy groups -OCH3 is 2. The first-order valence-corrected chi connectivity index (χ1v) is 8.54. The van der Waals surface area contributed by atoms with Crippen molar-refractivity contribution in [3.05, 3.63) is 46.5 Å². The van der Waals surface area contributed by atoms with Crippen molar-refractivity contribution in [2.45, 2.75) is 19.4 Å². The number of nitrogens with zero attached hydrogens (tertiary/aromatic N) is 1. The van der Waals surface area contributed by atoms with E-state index in [1.165, 1.54) is 6.07 Å². The first-order valence-electron chi connectivity index (χ1n) is 8.54. The van der Waals surface area contributed by atoms with Gasteiger partial charge in [0.15, 0.2) is 0 Å². The van der Waals surface area contributed by atoms with Gasteiger partial charge in [0.25, 0.3) is 0 Å². The quantitative estimate of drug-likeness (QED) is 0.865. The molecule has 3 rings (SSSR count). The van der Waals surface area contributed by atoms with Crippen molar-refractivity contribution in [3.8, 4) is 17.2 Å². The summed E-state index contributed by atoms with van der Waals surface area (Å²) in [6, 6.07) is 7.89. The van der Waals surface area contributed by atoms with Gasteiger partial charge in [0.05, 0.1) is 26.8 Å². The van der Waals surface area contributed by atoms with Crippen LogP contribution in [0.4, 0.5) is 10.5 Å². The molecule has 1 fully saturated rings. The van der Waals surface area contributed by atoms with Gasteiger partial charge in [-0.2, -0.15) is 0 Å². The molecule has 0 radical (unpaired) electrons. The van der Waals surface area contributed by atoms with Crippen molar-refractivity contribution in [2.24, 2.45) is 0 Å². The van der Waals surface area contributed by atoms with Crippen LogP contribution in [0.25, 0.3) is 0 Å². The van der Waals surface area contributed by atoms with Crippen LogP contribution in [0.15, 0.2) is 39.5 Å². The smallest absolute Gasteiger partial charge is 0.339 e. The number of benzene rings is 1. The molecule has 0 spiro atoms. The van der Waals surface area contributed by atoms with Crippen LogP contribution < -0.4 is 25.2 Å². The van der Waals surface area contributed by atoms with E-state index >= 15 is 0 Å². The number of urea groups is 1. The molecule has 1 aromatic heterocycles.